The molecule has 108 valence electrons. The molecular weight excluding hydrogens is 261 g/mol. The lowest BCUT2D eigenvalue weighted by Gasteiger charge is -2.40. The minimum Gasteiger partial charge on any atom is -0.326 e. The Bertz CT molecular complexity index is 557. The van der Waals surface area contributed by atoms with E-state index < -0.39 is 5.54 Å². The molecule has 0 spiro atoms. The van der Waals surface area contributed by atoms with Gasteiger partial charge in [0.1, 0.15) is 5.82 Å². The fraction of sp³-hybridized carbons (Fsp3) is 0.429. The van der Waals surface area contributed by atoms with Gasteiger partial charge in [-0.3, -0.25) is 19.8 Å². The van der Waals surface area contributed by atoms with Gasteiger partial charge in [0.25, 0.3) is 0 Å². The lowest BCUT2D eigenvalue weighted by atomic mass is 9.97. The minimum atomic E-state index is -0.862. The van der Waals surface area contributed by atoms with Crippen molar-refractivity contribution in [2.75, 3.05) is 6.54 Å². The molecule has 2 amide bonds. The largest absolute Gasteiger partial charge is 0.326 e. The molecule has 0 atom stereocenters. The normalized spacial score (nSPS) is 19.0. The van der Waals surface area contributed by atoms with E-state index in [1.807, 2.05) is 0 Å². The zero-order chi connectivity index (χ0) is 14.9. The Morgan fingerprint density at radius 2 is 2.00 bits per heavy atom. The lowest BCUT2D eigenvalue weighted by molar-refractivity contribution is -0.145. The van der Waals surface area contributed by atoms with Crippen molar-refractivity contribution in [3.05, 3.63) is 35.1 Å². The van der Waals surface area contributed by atoms with Crippen LogP contribution >= 0.6 is 0 Å². The number of halogens is 1. The highest BCUT2D eigenvalue weighted by molar-refractivity contribution is 6.02. The first kappa shape index (κ1) is 14.6. The van der Waals surface area contributed by atoms with Gasteiger partial charge >= 0.3 is 0 Å². The SMILES string of the molecule is CC1(C)C(=O)NC(=O)CN1Cc1cccc(CN)c1F. The molecule has 3 N–H and O–H groups in total. The number of rotatable bonds is 3. The van der Waals surface area contributed by atoms with Crippen molar-refractivity contribution >= 4 is 11.8 Å². The first-order valence-electron chi connectivity index (χ1n) is 6.42. The van der Waals surface area contributed by atoms with Crippen molar-refractivity contribution in [2.45, 2.75) is 32.5 Å². The molecule has 1 heterocycles. The van der Waals surface area contributed by atoms with E-state index in [0.29, 0.717) is 11.1 Å². The molecule has 0 unspecified atom stereocenters. The number of hydrogen-bond acceptors (Lipinski definition) is 4. The topological polar surface area (TPSA) is 75.4 Å². The van der Waals surface area contributed by atoms with Crippen LogP contribution in [0.5, 0.6) is 0 Å². The van der Waals surface area contributed by atoms with Crippen LogP contribution in [0.25, 0.3) is 0 Å². The van der Waals surface area contributed by atoms with E-state index in [2.05, 4.69) is 5.32 Å². The van der Waals surface area contributed by atoms with Crippen molar-refractivity contribution in [3.63, 3.8) is 0 Å². The summed E-state index contributed by atoms with van der Waals surface area (Å²) in [6.45, 7) is 3.78. The van der Waals surface area contributed by atoms with Crippen LogP contribution in [-0.4, -0.2) is 28.8 Å². The van der Waals surface area contributed by atoms with E-state index >= 15 is 0 Å². The molecule has 0 bridgehead atoms. The number of carbonyl (C=O) groups excluding carboxylic acids is 2. The van der Waals surface area contributed by atoms with Gasteiger partial charge in [0.2, 0.25) is 11.8 Å². The Labute approximate surface area is 116 Å². The van der Waals surface area contributed by atoms with Gasteiger partial charge in [-0.1, -0.05) is 18.2 Å². The zero-order valence-corrected chi connectivity index (χ0v) is 11.6. The summed E-state index contributed by atoms with van der Waals surface area (Å²) >= 11 is 0. The summed E-state index contributed by atoms with van der Waals surface area (Å²) in [7, 11) is 0. The molecule has 1 saturated heterocycles. The predicted molar refractivity (Wildman–Crippen MR) is 71.9 cm³/mol. The van der Waals surface area contributed by atoms with Crippen LogP contribution in [0.4, 0.5) is 4.39 Å². The predicted octanol–water partition coefficient (Wildman–Crippen LogP) is 0.521. The van der Waals surface area contributed by atoms with Gasteiger partial charge in [-0.2, -0.15) is 0 Å². The van der Waals surface area contributed by atoms with Crippen molar-refractivity contribution in [2.24, 2.45) is 5.73 Å². The number of nitrogens with one attached hydrogen (secondary N) is 1. The Morgan fingerprint density at radius 1 is 1.35 bits per heavy atom. The van der Waals surface area contributed by atoms with Gasteiger partial charge in [-0.15, -0.1) is 0 Å². The number of piperazine rings is 1. The van der Waals surface area contributed by atoms with Crippen LogP contribution in [0.3, 0.4) is 0 Å². The maximum absolute atomic E-state index is 14.2. The van der Waals surface area contributed by atoms with E-state index in [1.54, 1.807) is 36.9 Å². The molecular formula is C14H18FN3O2. The van der Waals surface area contributed by atoms with Gasteiger partial charge in [-0.25, -0.2) is 4.39 Å². The molecule has 20 heavy (non-hydrogen) atoms. The fourth-order valence-corrected chi connectivity index (χ4v) is 2.21. The van der Waals surface area contributed by atoms with Crippen LogP contribution in [0.15, 0.2) is 18.2 Å². The molecule has 1 fully saturated rings. The van der Waals surface area contributed by atoms with Crippen molar-refractivity contribution in [1.82, 2.24) is 10.2 Å². The van der Waals surface area contributed by atoms with E-state index in [9.17, 15) is 14.0 Å². The van der Waals surface area contributed by atoms with Crippen LogP contribution < -0.4 is 11.1 Å². The van der Waals surface area contributed by atoms with Crippen molar-refractivity contribution < 1.29 is 14.0 Å². The Kier molecular flexibility index (Phi) is 3.87. The maximum atomic E-state index is 14.2. The standard InChI is InChI=1S/C14H18FN3O2/c1-14(2)13(20)17-11(19)8-18(14)7-10-5-3-4-9(6-16)12(10)15/h3-5H,6-8,16H2,1-2H3,(H,17,19,20). The third kappa shape index (κ3) is 2.57. The second kappa shape index (κ2) is 5.30. The monoisotopic (exact) mass is 279 g/mol. The number of amides is 2. The first-order valence-corrected chi connectivity index (χ1v) is 6.42. The third-order valence-electron chi connectivity index (χ3n) is 3.67. The van der Waals surface area contributed by atoms with Gasteiger partial charge in [0.05, 0.1) is 12.1 Å². The highest BCUT2D eigenvalue weighted by Gasteiger charge is 2.40. The third-order valence-corrected chi connectivity index (χ3v) is 3.67. The Balaban J connectivity index is 2.28. The van der Waals surface area contributed by atoms with Crippen LogP contribution in [-0.2, 0) is 22.7 Å². The number of hydrogen-bond donors (Lipinski definition) is 2. The summed E-state index contributed by atoms with van der Waals surface area (Å²) in [5.41, 5.74) is 5.47. The molecule has 0 radical (unpaired) electrons. The van der Waals surface area contributed by atoms with E-state index in [1.165, 1.54) is 0 Å². The molecule has 0 saturated carbocycles. The van der Waals surface area contributed by atoms with Gasteiger partial charge in [0.15, 0.2) is 0 Å². The highest BCUT2D eigenvalue weighted by Crippen LogP contribution is 2.23. The molecule has 6 heteroatoms. The summed E-state index contributed by atoms with van der Waals surface area (Å²) in [5, 5.41) is 2.29. The summed E-state index contributed by atoms with van der Waals surface area (Å²) in [6.07, 6.45) is 0. The number of nitrogens with two attached hydrogens (primary N) is 1. The van der Waals surface area contributed by atoms with Gasteiger partial charge < -0.3 is 5.73 Å². The van der Waals surface area contributed by atoms with Crippen LogP contribution in [0, 0.1) is 5.82 Å². The molecule has 0 aromatic heterocycles. The van der Waals surface area contributed by atoms with E-state index in [4.69, 9.17) is 5.73 Å². The van der Waals surface area contributed by atoms with Gasteiger partial charge in [0, 0.05) is 24.2 Å². The van der Waals surface area contributed by atoms with Crippen molar-refractivity contribution in [1.29, 1.82) is 0 Å². The number of carbonyl (C=O) groups is 2. The molecule has 1 aliphatic heterocycles. The maximum Gasteiger partial charge on any atom is 0.246 e. The van der Waals surface area contributed by atoms with E-state index in [-0.39, 0.29) is 37.3 Å². The number of imide groups is 1. The molecule has 1 aliphatic rings. The molecule has 0 aliphatic carbocycles. The highest BCUT2D eigenvalue weighted by atomic mass is 19.1. The molecule has 2 rings (SSSR count). The number of nitrogens with zero attached hydrogens (tertiary/aromatic N) is 1. The van der Waals surface area contributed by atoms with E-state index in [0.717, 1.165) is 0 Å². The van der Waals surface area contributed by atoms with Crippen LogP contribution in [0.2, 0.25) is 0 Å². The second-order valence-corrected chi connectivity index (χ2v) is 5.39. The van der Waals surface area contributed by atoms with Gasteiger partial charge in [-0.05, 0) is 13.8 Å². The summed E-state index contributed by atoms with van der Waals surface area (Å²) in [6, 6.07) is 4.99. The average Bonchev–Trinajstić information content (AvgIpc) is 2.38. The van der Waals surface area contributed by atoms with Crippen LogP contribution in [0.1, 0.15) is 25.0 Å². The summed E-state index contributed by atoms with van der Waals surface area (Å²) < 4.78 is 14.2. The number of benzene rings is 1. The molecule has 1 aromatic rings. The second-order valence-electron chi connectivity index (χ2n) is 5.39. The summed E-state index contributed by atoms with van der Waals surface area (Å²) in [4.78, 5) is 25.0. The minimum absolute atomic E-state index is 0.0605. The van der Waals surface area contributed by atoms with Crippen molar-refractivity contribution in [3.8, 4) is 0 Å². The Morgan fingerprint density at radius 3 is 2.65 bits per heavy atom. The first-order chi connectivity index (χ1) is 9.36. The summed E-state index contributed by atoms with van der Waals surface area (Å²) in [5.74, 6) is -1.11. The molecule has 5 nitrogen and oxygen atoms in total. The lowest BCUT2D eigenvalue weighted by Crippen LogP contribution is -2.63. The average molecular weight is 279 g/mol. The Hall–Kier alpha value is -1.79. The fourth-order valence-electron chi connectivity index (χ4n) is 2.21. The zero-order valence-electron chi connectivity index (χ0n) is 11.6. The molecule has 1 aromatic carbocycles. The smallest absolute Gasteiger partial charge is 0.246 e. The quantitative estimate of drug-likeness (QED) is 0.791.